The molecule has 2 aromatic carbocycles. The molecule has 170 valence electrons. The third kappa shape index (κ3) is 4.72. The maximum Gasteiger partial charge on any atom is 0.394 e. The number of halogens is 1. The normalized spacial score (nSPS) is 15.0. The molecule has 0 aliphatic heterocycles. The Labute approximate surface area is 191 Å². The van der Waals surface area contributed by atoms with E-state index in [1.807, 2.05) is 61.0 Å². The van der Waals surface area contributed by atoms with Crippen molar-refractivity contribution in [1.82, 2.24) is 15.1 Å². The minimum Gasteiger partial charge on any atom is -0.474 e. The monoisotopic (exact) mass is 447 g/mol. The molecule has 0 unspecified atom stereocenters. The number of carbonyl (C=O) groups is 2. The highest BCUT2D eigenvalue weighted by Gasteiger charge is 2.33. The van der Waals surface area contributed by atoms with Crippen molar-refractivity contribution >= 4 is 28.5 Å². The fourth-order valence-corrected chi connectivity index (χ4v) is 4.46. The number of rotatable bonds is 6. The fraction of sp³-hybridized carbons (Fsp3) is 0.269. The molecule has 6 nitrogen and oxygen atoms in total. The van der Waals surface area contributed by atoms with Gasteiger partial charge in [-0.15, -0.1) is 0 Å². The largest absolute Gasteiger partial charge is 0.474 e. The number of nitrogens with one attached hydrogen (secondary N) is 1. The molecule has 1 aliphatic carbocycles. The number of aromatic nitrogens is 2. The van der Waals surface area contributed by atoms with Crippen LogP contribution in [0.2, 0.25) is 0 Å². The zero-order valence-corrected chi connectivity index (χ0v) is 18.6. The number of aliphatic carboxylic acids is 1. The topological polar surface area (TPSA) is 84.2 Å². The third-order valence-electron chi connectivity index (χ3n) is 6.09. The molecule has 7 heteroatoms. The van der Waals surface area contributed by atoms with Gasteiger partial charge in [-0.2, -0.15) is 5.10 Å². The molecule has 3 aromatic rings. The Morgan fingerprint density at radius 2 is 1.88 bits per heavy atom. The first-order valence-corrected chi connectivity index (χ1v) is 10.9. The fourth-order valence-electron chi connectivity index (χ4n) is 4.46. The van der Waals surface area contributed by atoms with Gasteiger partial charge < -0.3 is 10.4 Å². The van der Waals surface area contributed by atoms with Crippen molar-refractivity contribution in [2.45, 2.75) is 32.6 Å². The molecule has 0 spiro atoms. The lowest BCUT2D eigenvalue weighted by atomic mass is 9.71. The second kappa shape index (κ2) is 9.02. The van der Waals surface area contributed by atoms with Gasteiger partial charge in [-0.05, 0) is 47.2 Å². The number of nitrogens with zero attached hydrogens (tertiary/aromatic N) is 2. The Morgan fingerprint density at radius 3 is 2.55 bits per heavy atom. The van der Waals surface area contributed by atoms with E-state index in [0.29, 0.717) is 12.8 Å². The molecule has 2 N–H and O–H groups in total. The van der Waals surface area contributed by atoms with Crippen molar-refractivity contribution in [2.75, 3.05) is 6.54 Å². The lowest BCUT2D eigenvalue weighted by molar-refractivity contribution is -0.150. The predicted molar refractivity (Wildman–Crippen MR) is 125 cm³/mol. The van der Waals surface area contributed by atoms with Crippen LogP contribution in [0.4, 0.5) is 4.39 Å². The van der Waals surface area contributed by atoms with Gasteiger partial charge in [-0.25, -0.2) is 13.9 Å². The van der Waals surface area contributed by atoms with Gasteiger partial charge in [0.25, 0.3) is 0 Å². The molecule has 0 saturated heterocycles. The Morgan fingerprint density at radius 1 is 1.12 bits per heavy atom. The summed E-state index contributed by atoms with van der Waals surface area (Å²) in [6, 6.07) is 16.1. The van der Waals surface area contributed by atoms with Crippen molar-refractivity contribution < 1.29 is 19.1 Å². The average Bonchev–Trinajstić information content (AvgIpc) is 3.22. The van der Waals surface area contributed by atoms with Crippen LogP contribution in [0.1, 0.15) is 43.7 Å². The molecule has 1 aromatic heterocycles. The number of amides is 1. The molecule has 0 radical (unpaired) electrons. The van der Waals surface area contributed by atoms with Gasteiger partial charge in [0, 0.05) is 30.0 Å². The second-order valence-electron chi connectivity index (χ2n) is 8.97. The summed E-state index contributed by atoms with van der Waals surface area (Å²) >= 11 is 0. The van der Waals surface area contributed by atoms with Crippen molar-refractivity contribution in [3.05, 3.63) is 83.8 Å². The number of carbonyl (C=O) groups excluding carboxylic acids is 1. The summed E-state index contributed by atoms with van der Waals surface area (Å²) in [5, 5.41) is 17.0. The maximum atomic E-state index is 13.4. The van der Waals surface area contributed by atoms with Crippen LogP contribution in [0.3, 0.4) is 0 Å². The minimum absolute atomic E-state index is 0.105. The summed E-state index contributed by atoms with van der Waals surface area (Å²) in [7, 11) is 0. The predicted octanol–water partition coefficient (Wildman–Crippen LogP) is 4.88. The number of carboxylic acids is 1. The molecular formula is C26H26FN3O3. The van der Waals surface area contributed by atoms with Gasteiger partial charge >= 0.3 is 11.9 Å². The standard InChI is InChI=1S/C26H26FN3O3/c1-26(2,16-28-24(31)25(32)33)23(17-6-4-3-5-7-17)18-8-13-22-19(14-18)15-29-30(22)21-11-9-20(27)10-12-21/h3-9,11,13-15,23H,10,12,16H2,1-2H3,(H,28,31)(H,32,33)/t23-/m1/s1. The summed E-state index contributed by atoms with van der Waals surface area (Å²) in [4.78, 5) is 22.7. The molecule has 1 amide bonds. The van der Waals surface area contributed by atoms with Crippen molar-refractivity contribution in [2.24, 2.45) is 5.41 Å². The molecule has 1 aliphatic rings. The quantitative estimate of drug-likeness (QED) is 0.528. The molecule has 0 saturated carbocycles. The van der Waals surface area contributed by atoms with Gasteiger partial charge in [-0.1, -0.05) is 50.2 Å². The summed E-state index contributed by atoms with van der Waals surface area (Å²) in [6.45, 7) is 4.21. The molecule has 1 atom stereocenters. The van der Waals surface area contributed by atoms with Crippen LogP contribution in [-0.4, -0.2) is 33.3 Å². The van der Waals surface area contributed by atoms with E-state index < -0.39 is 17.3 Å². The molecule has 4 rings (SSSR count). The smallest absolute Gasteiger partial charge is 0.394 e. The molecular weight excluding hydrogens is 421 g/mol. The second-order valence-corrected chi connectivity index (χ2v) is 8.97. The van der Waals surface area contributed by atoms with Crippen LogP contribution in [0.25, 0.3) is 16.6 Å². The van der Waals surface area contributed by atoms with Crippen LogP contribution in [-0.2, 0) is 9.59 Å². The maximum absolute atomic E-state index is 13.4. The van der Waals surface area contributed by atoms with Crippen LogP contribution >= 0.6 is 0 Å². The summed E-state index contributed by atoms with van der Waals surface area (Å²) in [5.74, 6) is -2.74. The first-order chi connectivity index (χ1) is 15.8. The number of hydrogen-bond donors (Lipinski definition) is 2. The van der Waals surface area contributed by atoms with E-state index in [-0.39, 0.29) is 18.3 Å². The number of hydrogen-bond acceptors (Lipinski definition) is 3. The lowest BCUT2D eigenvalue weighted by Crippen LogP contribution is -2.40. The first kappa shape index (κ1) is 22.5. The van der Waals surface area contributed by atoms with Gasteiger partial charge in [0.1, 0.15) is 5.83 Å². The Hall–Kier alpha value is -3.74. The van der Waals surface area contributed by atoms with Crippen LogP contribution < -0.4 is 5.32 Å². The number of benzene rings is 2. The first-order valence-electron chi connectivity index (χ1n) is 10.9. The summed E-state index contributed by atoms with van der Waals surface area (Å²) in [6.07, 6.45) is 6.01. The van der Waals surface area contributed by atoms with Gasteiger partial charge in [0.15, 0.2) is 0 Å². The molecule has 33 heavy (non-hydrogen) atoms. The minimum atomic E-state index is -1.50. The molecule has 1 heterocycles. The van der Waals surface area contributed by atoms with E-state index in [4.69, 9.17) is 5.11 Å². The number of carboxylic acid groups (broad SMARTS) is 1. The van der Waals surface area contributed by atoms with Crippen molar-refractivity contribution in [3.63, 3.8) is 0 Å². The zero-order valence-electron chi connectivity index (χ0n) is 18.6. The molecule has 0 bridgehead atoms. The van der Waals surface area contributed by atoms with Crippen molar-refractivity contribution in [3.8, 4) is 0 Å². The van der Waals surface area contributed by atoms with E-state index in [2.05, 4.69) is 16.5 Å². The Bertz CT molecular complexity index is 1260. The highest BCUT2D eigenvalue weighted by molar-refractivity contribution is 6.31. The Balaban J connectivity index is 1.72. The average molecular weight is 448 g/mol. The van der Waals surface area contributed by atoms with Gasteiger partial charge in [0.2, 0.25) is 0 Å². The highest BCUT2D eigenvalue weighted by Crippen LogP contribution is 2.41. The van der Waals surface area contributed by atoms with E-state index in [1.165, 1.54) is 6.08 Å². The third-order valence-corrected chi connectivity index (χ3v) is 6.09. The lowest BCUT2D eigenvalue weighted by Gasteiger charge is -2.35. The van der Waals surface area contributed by atoms with Crippen LogP contribution in [0, 0.1) is 5.41 Å². The highest BCUT2D eigenvalue weighted by atomic mass is 19.1. The van der Waals surface area contributed by atoms with Gasteiger partial charge in [0.05, 0.1) is 11.7 Å². The summed E-state index contributed by atoms with van der Waals surface area (Å²) in [5.41, 5.74) is 3.49. The van der Waals surface area contributed by atoms with Crippen molar-refractivity contribution in [1.29, 1.82) is 0 Å². The Kier molecular flexibility index (Phi) is 6.14. The van der Waals surface area contributed by atoms with Gasteiger partial charge in [-0.3, -0.25) is 4.79 Å². The van der Waals surface area contributed by atoms with Crippen LogP contribution in [0.15, 0.2) is 72.7 Å². The van der Waals surface area contributed by atoms with E-state index >= 15 is 0 Å². The SMILES string of the molecule is CC(C)(CNC(=O)C(=O)O)[C@H](c1ccccc1)c1ccc2c(cnn2C2=CC=C(F)CC2)c1. The zero-order chi connectivity index (χ0) is 23.6. The number of allylic oxidation sites excluding steroid dienone is 4. The van der Waals surface area contributed by atoms with E-state index in [1.54, 1.807) is 12.3 Å². The molecule has 0 fully saturated rings. The van der Waals surface area contributed by atoms with E-state index in [9.17, 15) is 14.0 Å². The van der Waals surface area contributed by atoms with Crippen LogP contribution in [0.5, 0.6) is 0 Å². The van der Waals surface area contributed by atoms with E-state index in [0.717, 1.165) is 27.7 Å². The number of fused-ring (bicyclic) bond motifs is 1. The summed E-state index contributed by atoms with van der Waals surface area (Å²) < 4.78 is 15.3.